The predicted molar refractivity (Wildman–Crippen MR) is 122 cm³/mol. The molecule has 0 atom stereocenters. The molecule has 0 saturated carbocycles. The molecule has 0 radical (unpaired) electrons. The molecule has 8 rings (SSSR count). The van der Waals surface area contributed by atoms with Gasteiger partial charge in [0.2, 0.25) is 0 Å². The van der Waals surface area contributed by atoms with Crippen molar-refractivity contribution in [2.24, 2.45) is 0 Å². The molecular formula is C27H16N4. The predicted octanol–water partition coefficient (Wildman–Crippen LogP) is 5.57. The second-order valence-electron chi connectivity index (χ2n) is 8.52. The Kier molecular flexibility index (Phi) is 2.72. The normalized spacial score (nSPS) is 13.5. The first-order valence-corrected chi connectivity index (χ1v) is 10.6. The quantitative estimate of drug-likeness (QED) is 0.315. The van der Waals surface area contributed by atoms with Crippen LogP contribution < -0.4 is 0 Å². The second-order valence-corrected chi connectivity index (χ2v) is 8.52. The van der Waals surface area contributed by atoms with E-state index in [1.807, 2.05) is 24.8 Å². The molecular weight excluding hydrogens is 380 g/mol. The van der Waals surface area contributed by atoms with Gasteiger partial charge in [-0.15, -0.1) is 0 Å². The van der Waals surface area contributed by atoms with Gasteiger partial charge in [0.25, 0.3) is 0 Å². The van der Waals surface area contributed by atoms with E-state index in [2.05, 4.69) is 62.9 Å². The molecule has 0 spiro atoms. The van der Waals surface area contributed by atoms with E-state index in [1.165, 1.54) is 49.8 Å². The highest BCUT2D eigenvalue weighted by molar-refractivity contribution is 6.12. The van der Waals surface area contributed by atoms with Crippen LogP contribution >= 0.6 is 0 Å². The van der Waals surface area contributed by atoms with E-state index in [0.717, 1.165) is 35.1 Å². The van der Waals surface area contributed by atoms with Crippen molar-refractivity contribution >= 4 is 27.3 Å². The van der Waals surface area contributed by atoms with E-state index in [-0.39, 0.29) is 0 Å². The van der Waals surface area contributed by atoms with Crippen molar-refractivity contribution in [3.63, 3.8) is 0 Å². The van der Waals surface area contributed by atoms with E-state index in [9.17, 15) is 0 Å². The number of rotatable bonds is 0. The molecule has 0 amide bonds. The minimum Gasteiger partial charge on any atom is -0.290 e. The lowest BCUT2D eigenvalue weighted by Crippen LogP contribution is -1.96. The molecule has 144 valence electrons. The molecule has 4 heteroatoms. The zero-order valence-corrected chi connectivity index (χ0v) is 16.6. The zero-order valence-electron chi connectivity index (χ0n) is 16.6. The van der Waals surface area contributed by atoms with Crippen LogP contribution in [0.3, 0.4) is 0 Å². The summed E-state index contributed by atoms with van der Waals surface area (Å²) in [6.45, 7) is 0. The van der Waals surface area contributed by atoms with Crippen LogP contribution in [0.1, 0.15) is 22.4 Å². The summed E-state index contributed by atoms with van der Waals surface area (Å²) in [5.41, 5.74) is 12.8. The summed E-state index contributed by atoms with van der Waals surface area (Å²) >= 11 is 0. The van der Waals surface area contributed by atoms with E-state index >= 15 is 0 Å². The largest absolute Gasteiger partial charge is 0.290 e. The van der Waals surface area contributed by atoms with Crippen LogP contribution in [0.25, 0.3) is 49.7 Å². The molecule has 6 aromatic rings. The van der Waals surface area contributed by atoms with Crippen LogP contribution in [0.4, 0.5) is 0 Å². The lowest BCUT2D eigenvalue weighted by molar-refractivity contribution is 1.16. The van der Waals surface area contributed by atoms with Gasteiger partial charge >= 0.3 is 0 Å². The summed E-state index contributed by atoms with van der Waals surface area (Å²) in [5, 5.41) is 3.44. The molecule has 0 saturated heterocycles. The third kappa shape index (κ3) is 1.84. The Labute approximate surface area is 177 Å². The highest BCUT2D eigenvalue weighted by Crippen LogP contribution is 2.48. The number of nitrogens with zero attached hydrogens (tertiary/aromatic N) is 4. The summed E-state index contributed by atoms with van der Waals surface area (Å²) in [6.07, 6.45) is 9.51. The van der Waals surface area contributed by atoms with Crippen molar-refractivity contribution in [2.75, 3.05) is 0 Å². The first-order valence-electron chi connectivity index (χ1n) is 10.6. The fourth-order valence-electron chi connectivity index (χ4n) is 5.76. The highest BCUT2D eigenvalue weighted by Gasteiger charge is 2.32. The van der Waals surface area contributed by atoms with Crippen molar-refractivity contribution < 1.29 is 0 Å². The third-order valence-corrected chi connectivity index (χ3v) is 7.01. The Morgan fingerprint density at radius 2 is 1.58 bits per heavy atom. The lowest BCUT2D eigenvalue weighted by Gasteiger charge is -2.12. The second kappa shape index (κ2) is 5.35. The van der Waals surface area contributed by atoms with E-state index in [0.29, 0.717) is 0 Å². The monoisotopic (exact) mass is 396 g/mol. The molecule has 4 nitrogen and oxygen atoms in total. The molecule has 2 aliphatic carbocycles. The van der Waals surface area contributed by atoms with Gasteiger partial charge in [-0.25, -0.2) is 4.98 Å². The van der Waals surface area contributed by atoms with Crippen LogP contribution in [0.15, 0.2) is 73.3 Å². The van der Waals surface area contributed by atoms with E-state index < -0.39 is 0 Å². The van der Waals surface area contributed by atoms with Gasteiger partial charge in [-0.3, -0.25) is 14.4 Å². The summed E-state index contributed by atoms with van der Waals surface area (Å²) < 4.78 is 2.31. The Balaban J connectivity index is 1.53. The van der Waals surface area contributed by atoms with Crippen LogP contribution in [-0.2, 0) is 12.8 Å². The average molecular weight is 396 g/mol. The van der Waals surface area contributed by atoms with Crippen molar-refractivity contribution in [3.8, 4) is 22.4 Å². The number of aromatic nitrogens is 4. The number of benzene rings is 2. The molecule has 4 heterocycles. The molecule has 2 aliphatic rings. The Morgan fingerprint density at radius 1 is 0.710 bits per heavy atom. The molecule has 31 heavy (non-hydrogen) atoms. The SMILES string of the molecule is c1ccc2c(c1)Cc1ccc3c(c1-2)Cc1nc2c4cnccc4c4ccncc4n2c1-3. The molecule has 4 aromatic heterocycles. The smallest absolute Gasteiger partial charge is 0.147 e. The molecule has 0 aliphatic heterocycles. The number of hydrogen-bond donors (Lipinski definition) is 0. The van der Waals surface area contributed by atoms with Crippen molar-refractivity contribution in [1.82, 2.24) is 19.4 Å². The number of imidazole rings is 1. The summed E-state index contributed by atoms with van der Waals surface area (Å²) in [6, 6.07) is 17.6. The molecule has 0 N–H and O–H groups in total. The first kappa shape index (κ1) is 15.7. The van der Waals surface area contributed by atoms with Gasteiger partial charge in [-0.1, -0.05) is 36.4 Å². The van der Waals surface area contributed by atoms with Gasteiger partial charge in [0, 0.05) is 41.3 Å². The average Bonchev–Trinajstić information content (AvgIpc) is 3.48. The molecule has 0 bridgehead atoms. The van der Waals surface area contributed by atoms with Gasteiger partial charge in [-0.05, 0) is 51.8 Å². The minimum atomic E-state index is 0.868. The fraction of sp³-hybridized carbons (Fsp3) is 0.0741. The van der Waals surface area contributed by atoms with Crippen molar-refractivity contribution in [3.05, 3.63) is 95.7 Å². The van der Waals surface area contributed by atoms with E-state index in [4.69, 9.17) is 4.98 Å². The van der Waals surface area contributed by atoms with E-state index in [1.54, 1.807) is 0 Å². The number of pyridine rings is 3. The molecule has 0 fully saturated rings. The van der Waals surface area contributed by atoms with Crippen LogP contribution in [-0.4, -0.2) is 19.4 Å². The van der Waals surface area contributed by atoms with Crippen LogP contribution in [0, 0.1) is 0 Å². The van der Waals surface area contributed by atoms with Gasteiger partial charge in [-0.2, -0.15) is 0 Å². The standard InChI is InChI=1S/C27H16N4/c1-2-4-17-15(3-1)11-16-5-6-20-21(25(16)17)12-23-26(20)31-24-14-29-10-8-19(24)18-7-9-28-13-22(18)27(31)30-23/h1-10,13-14H,11-12H2. The molecule has 2 aromatic carbocycles. The Morgan fingerprint density at radius 3 is 2.55 bits per heavy atom. The Hall–Kier alpha value is -4.05. The maximum atomic E-state index is 5.16. The number of fused-ring (bicyclic) bond motifs is 14. The third-order valence-electron chi connectivity index (χ3n) is 7.01. The van der Waals surface area contributed by atoms with Crippen molar-refractivity contribution in [1.29, 1.82) is 0 Å². The maximum absolute atomic E-state index is 5.16. The summed E-state index contributed by atoms with van der Waals surface area (Å²) in [4.78, 5) is 14.0. The zero-order chi connectivity index (χ0) is 20.1. The topological polar surface area (TPSA) is 43.1 Å². The maximum Gasteiger partial charge on any atom is 0.147 e. The van der Waals surface area contributed by atoms with Gasteiger partial charge in [0.05, 0.1) is 23.1 Å². The summed E-state index contributed by atoms with van der Waals surface area (Å²) in [7, 11) is 0. The van der Waals surface area contributed by atoms with Gasteiger partial charge in [0.1, 0.15) is 5.65 Å². The highest BCUT2D eigenvalue weighted by atomic mass is 15.0. The molecule has 0 unspecified atom stereocenters. The summed E-state index contributed by atoms with van der Waals surface area (Å²) in [5.74, 6) is 0. The minimum absolute atomic E-state index is 0.868. The van der Waals surface area contributed by atoms with Crippen molar-refractivity contribution in [2.45, 2.75) is 12.8 Å². The van der Waals surface area contributed by atoms with Gasteiger partial charge < -0.3 is 0 Å². The van der Waals surface area contributed by atoms with Crippen LogP contribution in [0.2, 0.25) is 0 Å². The van der Waals surface area contributed by atoms with Crippen LogP contribution in [0.5, 0.6) is 0 Å². The van der Waals surface area contributed by atoms with Gasteiger partial charge in [0.15, 0.2) is 0 Å². The first-order chi connectivity index (χ1) is 15.4. The fourth-order valence-corrected chi connectivity index (χ4v) is 5.76. The Bertz CT molecular complexity index is 1740. The lowest BCUT2D eigenvalue weighted by atomic mass is 9.96. The number of hydrogen-bond acceptors (Lipinski definition) is 3.